The van der Waals surface area contributed by atoms with Crippen molar-refractivity contribution in [1.82, 2.24) is 0 Å². The third-order valence-electron chi connectivity index (χ3n) is 4.68. The Balaban J connectivity index is 2.25. The summed E-state index contributed by atoms with van der Waals surface area (Å²) < 4.78 is 0. The second-order valence-corrected chi connectivity index (χ2v) is 5.54. The maximum atomic E-state index is 2.39. The highest BCUT2D eigenvalue weighted by atomic mass is 14.3. The molecular formula is C19H20. The molecule has 0 saturated heterocycles. The fraction of sp³-hybridized carbons (Fsp3) is 0.263. The average Bonchev–Trinajstić information content (AvgIpc) is 2.88. The summed E-state index contributed by atoms with van der Waals surface area (Å²) in [5.74, 6) is 0. The largest absolute Gasteiger partial charge is 0.0716 e. The van der Waals surface area contributed by atoms with Gasteiger partial charge >= 0.3 is 0 Å². The van der Waals surface area contributed by atoms with E-state index in [1.165, 1.54) is 44.5 Å². The van der Waals surface area contributed by atoms with Gasteiger partial charge in [-0.05, 0) is 78.6 Å². The lowest BCUT2D eigenvalue weighted by Crippen LogP contribution is -2.01. The quantitative estimate of drug-likeness (QED) is 0.672. The lowest BCUT2D eigenvalue weighted by molar-refractivity contribution is 1.14. The van der Waals surface area contributed by atoms with E-state index in [2.05, 4.69) is 64.1 Å². The Bertz CT molecular complexity index is 673. The van der Waals surface area contributed by atoms with Crippen molar-refractivity contribution in [3.8, 4) is 0 Å². The van der Waals surface area contributed by atoms with Crippen LogP contribution in [0.5, 0.6) is 0 Å². The van der Waals surface area contributed by atoms with E-state index >= 15 is 0 Å². The standard InChI is InChI=1S/C19H20/c1-12-13(2)15(4)19-17(14(12)3)10-11-18(19)16-8-6-5-7-9-16/h5-9,11H,10H2,1-4H3. The molecule has 2 aromatic carbocycles. The molecule has 0 nitrogen and oxygen atoms in total. The van der Waals surface area contributed by atoms with Crippen LogP contribution in [0.15, 0.2) is 36.4 Å². The molecule has 2 aromatic rings. The number of hydrogen-bond donors (Lipinski definition) is 0. The monoisotopic (exact) mass is 248 g/mol. The van der Waals surface area contributed by atoms with E-state index in [1.54, 1.807) is 0 Å². The van der Waals surface area contributed by atoms with Crippen LogP contribution in [-0.2, 0) is 6.42 Å². The molecule has 0 amide bonds. The molecule has 0 heteroatoms. The van der Waals surface area contributed by atoms with Crippen LogP contribution in [0.4, 0.5) is 0 Å². The molecule has 0 radical (unpaired) electrons. The highest BCUT2D eigenvalue weighted by Crippen LogP contribution is 2.39. The van der Waals surface area contributed by atoms with E-state index in [0.717, 1.165) is 6.42 Å². The van der Waals surface area contributed by atoms with Crippen molar-refractivity contribution in [1.29, 1.82) is 0 Å². The van der Waals surface area contributed by atoms with Crippen molar-refractivity contribution in [3.63, 3.8) is 0 Å². The van der Waals surface area contributed by atoms with Gasteiger partial charge in [0.25, 0.3) is 0 Å². The van der Waals surface area contributed by atoms with Crippen LogP contribution in [0.3, 0.4) is 0 Å². The van der Waals surface area contributed by atoms with Crippen LogP contribution in [0.2, 0.25) is 0 Å². The van der Waals surface area contributed by atoms with Crippen molar-refractivity contribution in [2.45, 2.75) is 34.1 Å². The molecule has 0 atom stereocenters. The van der Waals surface area contributed by atoms with E-state index in [4.69, 9.17) is 0 Å². The van der Waals surface area contributed by atoms with Gasteiger partial charge in [-0.1, -0.05) is 36.4 Å². The summed E-state index contributed by atoms with van der Waals surface area (Å²) in [7, 11) is 0. The smallest absolute Gasteiger partial charge is 0.00790 e. The third-order valence-corrected chi connectivity index (χ3v) is 4.68. The number of hydrogen-bond acceptors (Lipinski definition) is 0. The Morgan fingerprint density at radius 1 is 0.737 bits per heavy atom. The first-order chi connectivity index (χ1) is 9.11. The molecule has 0 unspecified atom stereocenters. The van der Waals surface area contributed by atoms with Crippen molar-refractivity contribution < 1.29 is 0 Å². The molecule has 19 heavy (non-hydrogen) atoms. The van der Waals surface area contributed by atoms with Gasteiger partial charge in [0.15, 0.2) is 0 Å². The average molecular weight is 248 g/mol. The predicted octanol–water partition coefficient (Wildman–Crippen LogP) is 4.91. The van der Waals surface area contributed by atoms with Gasteiger partial charge in [0.1, 0.15) is 0 Å². The van der Waals surface area contributed by atoms with Crippen molar-refractivity contribution in [2.24, 2.45) is 0 Å². The lowest BCUT2D eigenvalue weighted by atomic mass is 9.87. The molecule has 1 aliphatic carbocycles. The molecule has 3 rings (SSSR count). The van der Waals surface area contributed by atoms with Crippen LogP contribution in [-0.4, -0.2) is 0 Å². The maximum Gasteiger partial charge on any atom is -0.00790 e. The minimum absolute atomic E-state index is 1.08. The van der Waals surface area contributed by atoms with Gasteiger partial charge in [0.05, 0.1) is 0 Å². The number of fused-ring (bicyclic) bond motifs is 1. The zero-order chi connectivity index (χ0) is 13.6. The molecule has 0 N–H and O–H groups in total. The molecule has 0 bridgehead atoms. The highest BCUT2D eigenvalue weighted by molar-refractivity contribution is 5.87. The predicted molar refractivity (Wildman–Crippen MR) is 82.6 cm³/mol. The van der Waals surface area contributed by atoms with Gasteiger partial charge in [-0.2, -0.15) is 0 Å². The number of rotatable bonds is 1. The summed E-state index contributed by atoms with van der Waals surface area (Å²) in [5, 5.41) is 0. The van der Waals surface area contributed by atoms with E-state index < -0.39 is 0 Å². The van der Waals surface area contributed by atoms with Gasteiger partial charge < -0.3 is 0 Å². The molecule has 0 aliphatic heterocycles. The van der Waals surface area contributed by atoms with Crippen LogP contribution in [0.1, 0.15) is 38.9 Å². The molecule has 0 saturated carbocycles. The summed E-state index contributed by atoms with van der Waals surface area (Å²) >= 11 is 0. The van der Waals surface area contributed by atoms with Gasteiger partial charge in [-0.15, -0.1) is 0 Å². The van der Waals surface area contributed by atoms with Gasteiger partial charge in [0.2, 0.25) is 0 Å². The van der Waals surface area contributed by atoms with Crippen molar-refractivity contribution in [2.75, 3.05) is 0 Å². The topological polar surface area (TPSA) is 0 Å². The third kappa shape index (κ3) is 1.74. The first-order valence-corrected chi connectivity index (χ1v) is 6.96. The van der Waals surface area contributed by atoms with Crippen molar-refractivity contribution in [3.05, 3.63) is 75.4 Å². The van der Waals surface area contributed by atoms with Crippen LogP contribution in [0.25, 0.3) is 5.57 Å². The molecule has 0 heterocycles. The maximum absolute atomic E-state index is 2.39. The van der Waals surface area contributed by atoms with Crippen LogP contribution in [0, 0.1) is 27.7 Å². The molecule has 96 valence electrons. The van der Waals surface area contributed by atoms with Crippen molar-refractivity contribution >= 4 is 5.57 Å². The van der Waals surface area contributed by atoms with Gasteiger partial charge in [-0.25, -0.2) is 0 Å². The van der Waals surface area contributed by atoms with Gasteiger partial charge in [0, 0.05) is 0 Å². The summed E-state index contributed by atoms with van der Waals surface area (Å²) in [6.07, 6.45) is 3.46. The van der Waals surface area contributed by atoms with E-state index in [9.17, 15) is 0 Å². The first kappa shape index (κ1) is 12.2. The molecular weight excluding hydrogens is 228 g/mol. The molecule has 0 fully saturated rings. The fourth-order valence-electron chi connectivity index (χ4n) is 3.20. The van der Waals surface area contributed by atoms with E-state index in [-0.39, 0.29) is 0 Å². The normalized spacial score (nSPS) is 13.4. The fourth-order valence-corrected chi connectivity index (χ4v) is 3.20. The number of benzene rings is 2. The Labute approximate surface area is 115 Å². The zero-order valence-corrected chi connectivity index (χ0v) is 12.2. The zero-order valence-electron chi connectivity index (χ0n) is 12.2. The summed E-state index contributed by atoms with van der Waals surface area (Å²) in [4.78, 5) is 0. The Morgan fingerprint density at radius 3 is 2.05 bits per heavy atom. The highest BCUT2D eigenvalue weighted by Gasteiger charge is 2.22. The van der Waals surface area contributed by atoms with E-state index in [0.29, 0.717) is 0 Å². The second-order valence-electron chi connectivity index (χ2n) is 5.54. The molecule has 0 aromatic heterocycles. The molecule has 1 aliphatic rings. The van der Waals surface area contributed by atoms with Crippen LogP contribution < -0.4 is 0 Å². The van der Waals surface area contributed by atoms with Gasteiger partial charge in [-0.3, -0.25) is 0 Å². The lowest BCUT2D eigenvalue weighted by Gasteiger charge is -2.18. The Morgan fingerprint density at radius 2 is 1.37 bits per heavy atom. The number of allylic oxidation sites excluding steroid dienone is 1. The minimum atomic E-state index is 1.08. The minimum Gasteiger partial charge on any atom is -0.0716 e. The summed E-state index contributed by atoms with van der Waals surface area (Å²) in [6, 6.07) is 10.8. The SMILES string of the molecule is Cc1c(C)c(C)c2c(c1C)CC=C2c1ccccc1. The first-order valence-electron chi connectivity index (χ1n) is 6.96. The van der Waals surface area contributed by atoms with Crippen LogP contribution >= 0.6 is 0 Å². The van der Waals surface area contributed by atoms with E-state index in [1.807, 2.05) is 0 Å². The Hall–Kier alpha value is -1.82. The summed E-state index contributed by atoms with van der Waals surface area (Å²) in [5.41, 5.74) is 11.6. The second kappa shape index (κ2) is 4.38. The molecule has 0 spiro atoms. The Kier molecular flexibility index (Phi) is 2.82. The summed E-state index contributed by atoms with van der Waals surface area (Å²) in [6.45, 7) is 9.03.